The number of primary amides is 1. The Morgan fingerprint density at radius 1 is 0.238 bits per heavy atom. The summed E-state index contributed by atoms with van der Waals surface area (Å²) in [7, 11) is 0. The molecule has 0 saturated carbocycles. The molecule has 0 aliphatic carbocycles. The fourth-order valence-electron chi connectivity index (χ4n) is 13.2. The number of aliphatic carboxylic acids is 4. The second-order valence-corrected chi connectivity index (χ2v) is 34.5. The first-order valence-electron chi connectivity index (χ1n) is 44.3. The maximum absolute atomic E-state index is 14.8. The van der Waals surface area contributed by atoms with Crippen LogP contribution in [-0.2, 0) is 101 Å². The van der Waals surface area contributed by atoms with Crippen LogP contribution in [0.3, 0.4) is 0 Å². The van der Waals surface area contributed by atoms with Gasteiger partial charge < -0.3 is 134 Å². The van der Waals surface area contributed by atoms with E-state index < -0.39 is 291 Å². The fourth-order valence-corrected chi connectivity index (χ4v) is 13.2. The summed E-state index contributed by atoms with van der Waals surface area (Å²) < 4.78 is 0. The molecule has 740 valence electrons. The van der Waals surface area contributed by atoms with E-state index in [4.69, 9.17) is 40.3 Å². The number of carbonyl (C=O) groups is 21. The molecule has 130 heavy (non-hydrogen) atoms. The first-order valence-corrected chi connectivity index (χ1v) is 44.9. The minimum atomic E-state index is -1.85. The Morgan fingerprint density at radius 2 is 0.431 bits per heavy atom. The minimum absolute atomic E-state index is 0.0189. The Balaban J connectivity index is 7.50. The Hall–Kier alpha value is -11.0. The summed E-state index contributed by atoms with van der Waals surface area (Å²) in [6.45, 7) is 17.8. The van der Waals surface area contributed by atoms with Crippen molar-refractivity contribution in [2.45, 2.75) is 321 Å². The molecule has 17 amide bonds. The molecule has 0 heterocycles. The normalized spacial score (nSPS) is 14.5. The van der Waals surface area contributed by atoms with Gasteiger partial charge in [-0.1, -0.05) is 69.2 Å². The lowest BCUT2D eigenvalue weighted by molar-refractivity contribution is -0.140. The van der Waals surface area contributed by atoms with Crippen molar-refractivity contribution in [2.24, 2.45) is 58.3 Å². The average molecular weight is 1870 g/mol. The first kappa shape index (κ1) is 119. The number of carboxylic acids is 4. The maximum Gasteiger partial charge on any atom is 0.303 e. The summed E-state index contributed by atoms with van der Waals surface area (Å²) in [5, 5.41) is 79.1. The van der Waals surface area contributed by atoms with Crippen LogP contribution in [0.5, 0.6) is 0 Å². The molecule has 14 atom stereocenters. The van der Waals surface area contributed by atoms with Crippen LogP contribution < -0.4 is 114 Å². The van der Waals surface area contributed by atoms with E-state index in [-0.39, 0.29) is 115 Å². The highest BCUT2D eigenvalue weighted by Gasteiger charge is 2.40. The van der Waals surface area contributed by atoms with Crippen molar-refractivity contribution in [3.63, 3.8) is 0 Å². The largest absolute Gasteiger partial charge is 0.481 e. The highest BCUT2D eigenvalue weighted by molar-refractivity contribution is 6.27. The molecule has 0 fully saturated rings. The molecule has 0 rings (SSSR count). The monoisotopic (exact) mass is 1870 g/mol. The number of hydrogen-bond acceptors (Lipinski definition) is 25. The van der Waals surface area contributed by atoms with Gasteiger partial charge in [0.2, 0.25) is 100 Å². The molecule has 0 aromatic carbocycles. The van der Waals surface area contributed by atoms with Crippen LogP contribution in [0, 0.1) is 29.6 Å². The summed E-state index contributed by atoms with van der Waals surface area (Å²) >= 11 is 5.45. The third-order valence-corrected chi connectivity index (χ3v) is 20.2. The van der Waals surface area contributed by atoms with E-state index in [9.17, 15) is 121 Å². The predicted octanol–water partition coefficient (Wildman–Crippen LogP) is -4.04. The standard InChI is InChI=1S/C83H146ClN21O25/c1-44(2)36-58(81(128)100-55(25-29-67(111)112)76(123)99-57(27-31-69(115)116)78(125)103-62(40-48(9)10)83(130)104-59(37-45(3)4)79(126)96-51(21-13-17-33-86)72(119)94-50(20-12-16-32-85)71(118)91-42-63(89)106)101-74(121)53(23-15-19-35-88)95-73(120)52(22-14-18-34-87)97-80(127)60(38-46(5)6)105-82(129)61(39-47(7)8)102-77(124)56(26-30-68(113)114)98-75(122)54(24-28-66(109)110)93-70(117)49(11)92-65(108)43-90-64(107)41-84/h44-62H,12-43,85-88H2,1-11H3,(H2,89,106)(H,90,107)(H,91,118)(H,92,108)(H,93,117)(H,94,119)(H,95,120)(H,96,126)(H,97,127)(H,98,122)(H,99,123)(H,100,128)(H,101,121)(H,102,124)(H,103,125)(H,104,130)(H,105,129)(H,109,110)(H,111,112)(H,113,114)(H,115,116)/t49-,50-,51-,52-,53-,54-,55-,56-,57-,58-,59-,60-,61-,62-/m0/s1. The number of carboxylic acid groups (broad SMARTS) is 4. The van der Waals surface area contributed by atoms with E-state index in [1.54, 1.807) is 69.2 Å². The van der Waals surface area contributed by atoms with Crippen LogP contribution in [0.4, 0.5) is 0 Å². The van der Waals surface area contributed by atoms with Crippen LogP contribution in [0.2, 0.25) is 0 Å². The molecule has 0 saturated heterocycles. The van der Waals surface area contributed by atoms with E-state index in [0.717, 1.165) is 0 Å². The number of hydrogen-bond donors (Lipinski definition) is 25. The third kappa shape index (κ3) is 52.6. The highest BCUT2D eigenvalue weighted by atomic mass is 35.5. The zero-order valence-corrected chi connectivity index (χ0v) is 77.5. The highest BCUT2D eigenvalue weighted by Crippen LogP contribution is 2.18. The zero-order chi connectivity index (χ0) is 99.0. The van der Waals surface area contributed by atoms with Crippen molar-refractivity contribution in [1.29, 1.82) is 0 Å². The lowest BCUT2D eigenvalue weighted by atomic mass is 9.98. The van der Waals surface area contributed by atoms with Crippen molar-refractivity contribution >= 4 is 136 Å². The molecule has 0 aromatic heterocycles. The number of carbonyl (C=O) groups excluding carboxylic acids is 17. The molecule has 47 heteroatoms. The molecular weight excluding hydrogens is 1730 g/mol. The molecule has 0 unspecified atom stereocenters. The van der Waals surface area contributed by atoms with Crippen molar-refractivity contribution in [3.05, 3.63) is 0 Å². The van der Waals surface area contributed by atoms with Crippen molar-refractivity contribution in [1.82, 2.24) is 85.1 Å². The number of nitrogens with two attached hydrogens (primary N) is 5. The average Bonchev–Trinajstić information content (AvgIpc) is 0.849. The van der Waals surface area contributed by atoms with E-state index in [2.05, 4.69) is 85.1 Å². The number of rotatable bonds is 71. The van der Waals surface area contributed by atoms with E-state index >= 15 is 0 Å². The molecule has 0 spiro atoms. The van der Waals surface area contributed by atoms with Crippen molar-refractivity contribution in [2.75, 3.05) is 45.1 Å². The van der Waals surface area contributed by atoms with Crippen LogP contribution in [0.25, 0.3) is 0 Å². The van der Waals surface area contributed by atoms with Gasteiger partial charge in [0.05, 0.1) is 13.1 Å². The molecule has 0 aromatic rings. The van der Waals surface area contributed by atoms with E-state index in [1.165, 1.54) is 6.92 Å². The predicted molar refractivity (Wildman–Crippen MR) is 475 cm³/mol. The summed E-state index contributed by atoms with van der Waals surface area (Å²) in [4.78, 5) is 284. The van der Waals surface area contributed by atoms with Crippen LogP contribution >= 0.6 is 11.6 Å². The van der Waals surface area contributed by atoms with Gasteiger partial charge in [0.25, 0.3) is 0 Å². The number of amides is 17. The summed E-state index contributed by atoms with van der Waals surface area (Å²) in [6.07, 6.45) is -3.64. The second-order valence-electron chi connectivity index (χ2n) is 34.2. The Kier molecular flexibility index (Phi) is 60.0. The Bertz CT molecular complexity index is 3710. The van der Waals surface area contributed by atoms with Gasteiger partial charge >= 0.3 is 23.9 Å². The van der Waals surface area contributed by atoms with E-state index in [0.29, 0.717) is 38.5 Å². The number of nitrogens with one attached hydrogen (secondary N) is 16. The van der Waals surface area contributed by atoms with Crippen molar-refractivity contribution in [3.8, 4) is 0 Å². The van der Waals surface area contributed by atoms with E-state index in [1.807, 2.05) is 0 Å². The molecule has 0 radical (unpaired) electrons. The number of alkyl halides is 1. The van der Waals surface area contributed by atoms with Crippen LogP contribution in [0.1, 0.15) is 237 Å². The van der Waals surface area contributed by atoms with Gasteiger partial charge in [0.1, 0.15) is 90.5 Å². The number of halogens is 1. The molecule has 0 aliphatic heterocycles. The van der Waals surface area contributed by atoms with Gasteiger partial charge in [-0.15, -0.1) is 11.6 Å². The lowest BCUT2D eigenvalue weighted by Crippen LogP contribution is -2.61. The van der Waals surface area contributed by atoms with Gasteiger partial charge in [-0.3, -0.25) is 101 Å². The SMILES string of the molecule is CC(C)C[C@H](NC(=O)[C@H](CCC(=O)O)NC(=O)[C@H](CCC(=O)O)NC(=O)[C@H](C)NC(=O)CNC(=O)CCl)C(=O)N[C@@H](CC(C)C)C(=O)N[C@@H](CCCCN)C(=O)N[C@@H](CCCCN)C(=O)N[C@@H](CC(C)C)C(=O)N[C@@H](CCC(=O)O)C(=O)N[C@@H](CCC(=O)O)C(=O)N[C@@H](CC(C)C)C(=O)N[C@@H](CC(C)C)C(=O)N[C@@H](CCCCN)C(=O)N[C@@H](CCCCN)C(=O)NCC(N)=O. The topological polar surface area (TPSA) is 762 Å². The molecule has 0 aliphatic rings. The molecule has 30 N–H and O–H groups in total. The lowest BCUT2D eigenvalue weighted by Gasteiger charge is -2.29. The van der Waals surface area contributed by atoms with Gasteiger partial charge in [-0.25, -0.2) is 0 Å². The first-order chi connectivity index (χ1) is 61.0. The zero-order valence-electron chi connectivity index (χ0n) is 76.7. The van der Waals surface area contributed by atoms with Gasteiger partial charge in [-0.05, 0) is 198 Å². The summed E-state index contributed by atoms with van der Waals surface area (Å²) in [5.41, 5.74) is 28.4. The molecule has 0 bridgehead atoms. The maximum atomic E-state index is 14.8. The Morgan fingerprint density at radius 3 is 0.623 bits per heavy atom. The third-order valence-electron chi connectivity index (χ3n) is 19.9. The van der Waals surface area contributed by atoms with Crippen molar-refractivity contribution < 1.29 is 121 Å². The fraction of sp³-hybridized carbons (Fsp3) is 0.747. The number of unbranched alkanes of at least 4 members (excludes halogenated alkanes) is 4. The Labute approximate surface area is 763 Å². The summed E-state index contributed by atoms with van der Waals surface area (Å²) in [5.74, 6) is -24.3. The smallest absolute Gasteiger partial charge is 0.303 e. The minimum Gasteiger partial charge on any atom is -0.481 e. The van der Waals surface area contributed by atoms with Gasteiger partial charge in [0, 0.05) is 25.7 Å². The van der Waals surface area contributed by atoms with Crippen LogP contribution in [0.15, 0.2) is 0 Å². The summed E-state index contributed by atoms with van der Waals surface area (Å²) in [6, 6.07) is -21.5. The second kappa shape index (κ2) is 65.5. The molecule has 46 nitrogen and oxygen atoms in total. The molecular formula is C83H146ClN21O25. The quantitative estimate of drug-likeness (QED) is 0.0204. The van der Waals surface area contributed by atoms with Gasteiger partial charge in [-0.2, -0.15) is 0 Å². The van der Waals surface area contributed by atoms with Crippen LogP contribution in [-0.4, -0.2) is 274 Å². The van der Waals surface area contributed by atoms with Gasteiger partial charge in [0.15, 0.2) is 0 Å².